The fourth-order valence-electron chi connectivity index (χ4n) is 2.72. The first-order valence-corrected chi connectivity index (χ1v) is 7.64. The molecule has 1 N–H and O–H groups in total. The van der Waals surface area contributed by atoms with E-state index < -0.39 is 0 Å². The molecule has 3 rings (SSSR count). The fourth-order valence-corrected chi connectivity index (χ4v) is 2.72. The largest absolute Gasteiger partial charge is 0.488 e. The zero-order valence-electron chi connectivity index (χ0n) is 13.2. The standard InChI is InChI=1S/C17H21N3O2/c1-11(2)8-9-18-17(21)15-13-10-22-14-7-5-4-6-12(14)16(13)20(3)19-15/h4-7,11H,8-10H2,1-3H3,(H,18,21). The highest BCUT2D eigenvalue weighted by Gasteiger charge is 2.27. The zero-order valence-corrected chi connectivity index (χ0v) is 13.2. The molecule has 2 aromatic rings. The Kier molecular flexibility index (Phi) is 3.88. The van der Waals surface area contributed by atoms with Crippen LogP contribution in [0, 0.1) is 5.92 Å². The van der Waals surface area contributed by atoms with Crippen molar-refractivity contribution in [3.05, 3.63) is 35.5 Å². The summed E-state index contributed by atoms with van der Waals surface area (Å²) in [6.07, 6.45) is 0.958. The van der Waals surface area contributed by atoms with Crippen LogP contribution >= 0.6 is 0 Å². The van der Waals surface area contributed by atoms with Gasteiger partial charge in [-0.05, 0) is 24.5 Å². The molecule has 0 saturated carbocycles. The van der Waals surface area contributed by atoms with Gasteiger partial charge in [0.15, 0.2) is 5.69 Å². The quantitative estimate of drug-likeness (QED) is 0.944. The monoisotopic (exact) mass is 299 g/mol. The second kappa shape index (κ2) is 5.83. The molecule has 5 nitrogen and oxygen atoms in total. The second-order valence-corrected chi connectivity index (χ2v) is 6.02. The Balaban J connectivity index is 1.89. The van der Waals surface area contributed by atoms with E-state index in [1.165, 1.54) is 0 Å². The maximum absolute atomic E-state index is 12.4. The number of aryl methyl sites for hydroxylation is 1. The molecule has 2 heterocycles. The summed E-state index contributed by atoms with van der Waals surface area (Å²) < 4.78 is 7.54. The number of carbonyl (C=O) groups is 1. The molecule has 0 atom stereocenters. The van der Waals surface area contributed by atoms with Crippen LogP contribution < -0.4 is 10.1 Å². The van der Waals surface area contributed by atoms with Gasteiger partial charge in [-0.1, -0.05) is 26.0 Å². The summed E-state index contributed by atoms with van der Waals surface area (Å²) in [4.78, 5) is 12.4. The number of aromatic nitrogens is 2. The van der Waals surface area contributed by atoms with Crippen LogP contribution in [0.5, 0.6) is 5.75 Å². The molecule has 0 unspecified atom stereocenters. The molecule has 1 aliphatic heterocycles. The Morgan fingerprint density at radius 3 is 2.95 bits per heavy atom. The van der Waals surface area contributed by atoms with Crippen LogP contribution in [0.2, 0.25) is 0 Å². The number of amides is 1. The van der Waals surface area contributed by atoms with Crippen molar-refractivity contribution in [2.75, 3.05) is 6.54 Å². The number of hydrogen-bond donors (Lipinski definition) is 1. The van der Waals surface area contributed by atoms with Crippen molar-refractivity contribution in [3.8, 4) is 17.0 Å². The Labute approximate surface area is 130 Å². The number of rotatable bonds is 4. The lowest BCUT2D eigenvalue weighted by atomic mass is 10.0. The number of benzene rings is 1. The van der Waals surface area contributed by atoms with E-state index in [1.807, 2.05) is 31.3 Å². The minimum atomic E-state index is -0.125. The lowest BCUT2D eigenvalue weighted by molar-refractivity contribution is 0.0944. The molecule has 1 aromatic carbocycles. The van der Waals surface area contributed by atoms with E-state index in [4.69, 9.17) is 4.74 Å². The van der Waals surface area contributed by atoms with E-state index in [2.05, 4.69) is 24.3 Å². The van der Waals surface area contributed by atoms with Gasteiger partial charge in [-0.2, -0.15) is 5.10 Å². The van der Waals surface area contributed by atoms with E-state index in [-0.39, 0.29) is 5.91 Å². The Morgan fingerprint density at radius 1 is 1.41 bits per heavy atom. The van der Waals surface area contributed by atoms with Gasteiger partial charge in [0.25, 0.3) is 5.91 Å². The van der Waals surface area contributed by atoms with Crippen LogP contribution in [0.3, 0.4) is 0 Å². The highest BCUT2D eigenvalue weighted by molar-refractivity contribution is 5.96. The minimum absolute atomic E-state index is 0.125. The molecule has 22 heavy (non-hydrogen) atoms. The van der Waals surface area contributed by atoms with Gasteiger partial charge < -0.3 is 10.1 Å². The van der Waals surface area contributed by atoms with Crippen molar-refractivity contribution in [2.24, 2.45) is 13.0 Å². The highest BCUT2D eigenvalue weighted by atomic mass is 16.5. The first kappa shape index (κ1) is 14.6. The van der Waals surface area contributed by atoms with Crippen LogP contribution in [0.25, 0.3) is 11.3 Å². The molecule has 0 aliphatic carbocycles. The van der Waals surface area contributed by atoms with Gasteiger partial charge in [-0.15, -0.1) is 0 Å². The van der Waals surface area contributed by atoms with E-state index >= 15 is 0 Å². The van der Waals surface area contributed by atoms with Gasteiger partial charge >= 0.3 is 0 Å². The number of nitrogens with one attached hydrogen (secondary N) is 1. The van der Waals surface area contributed by atoms with Crippen LogP contribution in [-0.4, -0.2) is 22.2 Å². The number of para-hydroxylation sites is 1. The van der Waals surface area contributed by atoms with E-state index in [1.54, 1.807) is 4.68 Å². The van der Waals surface area contributed by atoms with Crippen LogP contribution in [-0.2, 0) is 13.7 Å². The average molecular weight is 299 g/mol. The van der Waals surface area contributed by atoms with Gasteiger partial charge in [-0.3, -0.25) is 9.48 Å². The van der Waals surface area contributed by atoms with Crippen molar-refractivity contribution in [1.29, 1.82) is 0 Å². The molecule has 5 heteroatoms. The third-order valence-corrected chi connectivity index (χ3v) is 3.88. The second-order valence-electron chi connectivity index (χ2n) is 6.02. The van der Waals surface area contributed by atoms with Gasteiger partial charge in [0, 0.05) is 24.7 Å². The number of hydrogen-bond acceptors (Lipinski definition) is 3. The molecular formula is C17H21N3O2. The van der Waals surface area contributed by atoms with Crippen LogP contribution in [0.4, 0.5) is 0 Å². The van der Waals surface area contributed by atoms with Gasteiger partial charge in [0.1, 0.15) is 12.4 Å². The normalized spacial score (nSPS) is 12.5. The molecule has 1 aliphatic rings. The highest BCUT2D eigenvalue weighted by Crippen LogP contribution is 2.38. The summed E-state index contributed by atoms with van der Waals surface area (Å²) in [6, 6.07) is 7.84. The number of nitrogens with zero attached hydrogens (tertiary/aromatic N) is 2. The van der Waals surface area contributed by atoms with Gasteiger partial charge in [0.05, 0.1) is 5.69 Å². The lowest BCUT2D eigenvalue weighted by Gasteiger charge is -2.18. The smallest absolute Gasteiger partial charge is 0.272 e. The third kappa shape index (κ3) is 2.58. The molecule has 0 fully saturated rings. The Bertz CT molecular complexity index is 704. The molecule has 0 spiro atoms. The van der Waals surface area contributed by atoms with Crippen molar-refractivity contribution in [3.63, 3.8) is 0 Å². The first-order valence-electron chi connectivity index (χ1n) is 7.64. The maximum Gasteiger partial charge on any atom is 0.272 e. The zero-order chi connectivity index (χ0) is 15.7. The lowest BCUT2D eigenvalue weighted by Crippen LogP contribution is -2.27. The third-order valence-electron chi connectivity index (χ3n) is 3.88. The number of carbonyl (C=O) groups excluding carboxylic acids is 1. The van der Waals surface area contributed by atoms with E-state index in [0.29, 0.717) is 24.8 Å². The van der Waals surface area contributed by atoms with Crippen molar-refractivity contribution in [2.45, 2.75) is 26.9 Å². The van der Waals surface area contributed by atoms with Crippen LogP contribution in [0.15, 0.2) is 24.3 Å². The summed E-state index contributed by atoms with van der Waals surface area (Å²) >= 11 is 0. The van der Waals surface area contributed by atoms with E-state index in [9.17, 15) is 4.79 Å². The predicted molar refractivity (Wildman–Crippen MR) is 84.8 cm³/mol. The summed E-state index contributed by atoms with van der Waals surface area (Å²) in [7, 11) is 1.87. The average Bonchev–Trinajstić information content (AvgIpc) is 2.84. The number of ether oxygens (including phenoxy) is 1. The SMILES string of the molecule is CC(C)CCNC(=O)c1nn(C)c2c1COc1ccccc1-2. The first-order chi connectivity index (χ1) is 10.6. The molecule has 1 amide bonds. The molecule has 116 valence electrons. The molecule has 0 radical (unpaired) electrons. The van der Waals surface area contributed by atoms with Crippen molar-refractivity contribution in [1.82, 2.24) is 15.1 Å². The topological polar surface area (TPSA) is 56.2 Å². The summed E-state index contributed by atoms with van der Waals surface area (Å²) in [5, 5.41) is 7.36. The predicted octanol–water partition coefficient (Wildman–Crippen LogP) is 2.76. The van der Waals surface area contributed by atoms with E-state index in [0.717, 1.165) is 29.0 Å². The fraction of sp³-hybridized carbons (Fsp3) is 0.412. The number of fused-ring (bicyclic) bond motifs is 3. The summed E-state index contributed by atoms with van der Waals surface area (Å²) in [5.41, 5.74) is 3.29. The molecular weight excluding hydrogens is 278 g/mol. The summed E-state index contributed by atoms with van der Waals surface area (Å²) in [5.74, 6) is 1.28. The van der Waals surface area contributed by atoms with Crippen molar-refractivity contribution >= 4 is 5.91 Å². The van der Waals surface area contributed by atoms with Crippen LogP contribution in [0.1, 0.15) is 36.3 Å². The molecule has 0 bridgehead atoms. The van der Waals surface area contributed by atoms with Gasteiger partial charge in [-0.25, -0.2) is 0 Å². The summed E-state index contributed by atoms with van der Waals surface area (Å²) in [6.45, 7) is 5.32. The Hall–Kier alpha value is -2.30. The molecule has 1 aromatic heterocycles. The minimum Gasteiger partial charge on any atom is -0.488 e. The van der Waals surface area contributed by atoms with Gasteiger partial charge in [0.2, 0.25) is 0 Å². The maximum atomic E-state index is 12.4. The Morgan fingerprint density at radius 2 is 2.18 bits per heavy atom. The molecule has 0 saturated heterocycles. The van der Waals surface area contributed by atoms with Crippen molar-refractivity contribution < 1.29 is 9.53 Å².